The highest BCUT2D eigenvalue weighted by molar-refractivity contribution is 9.10. The minimum atomic E-state index is 0.485. The van der Waals surface area contributed by atoms with Crippen molar-refractivity contribution in [2.24, 2.45) is 0 Å². The number of nitrogens with one attached hydrogen (secondary N) is 1. The Balaban J connectivity index is 1.72. The van der Waals surface area contributed by atoms with E-state index in [1.807, 2.05) is 24.3 Å². The van der Waals surface area contributed by atoms with Crippen molar-refractivity contribution in [3.05, 3.63) is 57.6 Å². The van der Waals surface area contributed by atoms with Crippen LogP contribution < -0.4 is 14.8 Å². The number of aryl methyl sites for hydroxylation is 2. The van der Waals surface area contributed by atoms with Crippen molar-refractivity contribution in [1.82, 2.24) is 20.2 Å². The number of hydrogen-bond acceptors (Lipinski definition) is 6. The molecule has 0 aliphatic carbocycles. The fourth-order valence-corrected chi connectivity index (χ4v) is 3.24. The molecule has 148 valence electrons. The van der Waals surface area contributed by atoms with Gasteiger partial charge in [-0.1, -0.05) is 52.2 Å². The average Bonchev–Trinajstić information content (AvgIpc) is 3.14. The third-order valence-corrected chi connectivity index (χ3v) is 5.12. The topological polar surface area (TPSA) is 74.1 Å². The van der Waals surface area contributed by atoms with Gasteiger partial charge >= 0.3 is 0 Å². The van der Waals surface area contributed by atoms with Crippen LogP contribution in [0.5, 0.6) is 11.5 Å². The van der Waals surface area contributed by atoms with E-state index in [2.05, 4.69) is 62.8 Å². The van der Waals surface area contributed by atoms with Crippen LogP contribution in [-0.4, -0.2) is 27.3 Å². The van der Waals surface area contributed by atoms with Crippen molar-refractivity contribution in [3.8, 4) is 11.5 Å². The summed E-state index contributed by atoms with van der Waals surface area (Å²) in [7, 11) is 1.64. The zero-order chi connectivity index (χ0) is 19.9. The first-order valence-corrected chi connectivity index (χ1v) is 9.95. The molecule has 28 heavy (non-hydrogen) atoms. The van der Waals surface area contributed by atoms with Gasteiger partial charge in [-0.15, -0.1) is 0 Å². The van der Waals surface area contributed by atoms with Crippen LogP contribution in [0.3, 0.4) is 0 Å². The van der Waals surface area contributed by atoms with Gasteiger partial charge in [-0.05, 0) is 52.6 Å². The molecular weight excluding hydrogens is 422 g/mol. The number of tetrazole rings is 1. The van der Waals surface area contributed by atoms with Crippen molar-refractivity contribution < 1.29 is 9.47 Å². The SMILES string of the molecule is CCCn1nnnc1NCc1cc(OC)c(OCc2ccccc2C)cc1Br. The largest absolute Gasteiger partial charge is 0.493 e. The minimum Gasteiger partial charge on any atom is -0.493 e. The van der Waals surface area contributed by atoms with Gasteiger partial charge in [0.25, 0.3) is 0 Å². The highest BCUT2D eigenvalue weighted by atomic mass is 79.9. The average molecular weight is 446 g/mol. The van der Waals surface area contributed by atoms with Gasteiger partial charge in [0.1, 0.15) is 6.61 Å². The first-order valence-electron chi connectivity index (χ1n) is 9.16. The highest BCUT2D eigenvalue weighted by Crippen LogP contribution is 2.34. The van der Waals surface area contributed by atoms with Gasteiger partial charge < -0.3 is 14.8 Å². The molecular formula is C20H24BrN5O2. The Bertz CT molecular complexity index is 929. The van der Waals surface area contributed by atoms with Crippen molar-refractivity contribution in [2.45, 2.75) is 40.0 Å². The van der Waals surface area contributed by atoms with E-state index in [1.165, 1.54) is 5.56 Å². The van der Waals surface area contributed by atoms with E-state index >= 15 is 0 Å². The Kier molecular flexibility index (Phi) is 6.86. The lowest BCUT2D eigenvalue weighted by Crippen LogP contribution is -2.09. The maximum atomic E-state index is 6.02. The van der Waals surface area contributed by atoms with Crippen LogP contribution >= 0.6 is 15.9 Å². The molecule has 0 bridgehead atoms. The second-order valence-corrected chi connectivity index (χ2v) is 7.24. The molecule has 0 unspecified atom stereocenters. The number of methoxy groups -OCH3 is 1. The van der Waals surface area contributed by atoms with Gasteiger partial charge in [0, 0.05) is 17.6 Å². The van der Waals surface area contributed by atoms with Crippen LogP contribution in [0.2, 0.25) is 0 Å². The molecule has 0 fully saturated rings. The standard InChI is InChI=1S/C20H24BrN5O2/c1-4-9-26-20(23-24-25-26)22-12-16-10-18(27-3)19(11-17(16)21)28-13-15-8-6-5-7-14(15)2/h5-8,10-11H,4,9,12-13H2,1-3H3,(H,22,23,25). The monoisotopic (exact) mass is 445 g/mol. The normalized spacial score (nSPS) is 10.7. The van der Waals surface area contributed by atoms with Crippen molar-refractivity contribution in [1.29, 1.82) is 0 Å². The summed E-state index contributed by atoms with van der Waals surface area (Å²) in [6.07, 6.45) is 0.962. The smallest absolute Gasteiger partial charge is 0.243 e. The molecule has 3 rings (SSSR count). The summed E-state index contributed by atoms with van der Waals surface area (Å²) in [5.74, 6) is 2.02. The van der Waals surface area contributed by atoms with Gasteiger partial charge in [-0.3, -0.25) is 0 Å². The molecule has 0 saturated carbocycles. The first-order chi connectivity index (χ1) is 13.6. The molecule has 2 aromatic carbocycles. The molecule has 1 N–H and O–H groups in total. The van der Waals surface area contributed by atoms with Gasteiger partial charge in [-0.2, -0.15) is 0 Å². The number of nitrogens with zero attached hydrogens (tertiary/aromatic N) is 4. The van der Waals surface area contributed by atoms with Gasteiger partial charge in [0.2, 0.25) is 5.95 Å². The molecule has 0 radical (unpaired) electrons. The molecule has 1 aromatic heterocycles. The lowest BCUT2D eigenvalue weighted by atomic mass is 10.1. The molecule has 0 atom stereocenters. The third kappa shape index (κ3) is 4.81. The van der Waals surface area contributed by atoms with Crippen LogP contribution in [0.4, 0.5) is 5.95 Å². The number of rotatable bonds is 9. The molecule has 3 aromatic rings. The number of benzene rings is 2. The van der Waals surface area contributed by atoms with Crippen molar-refractivity contribution >= 4 is 21.9 Å². The number of aromatic nitrogens is 4. The Morgan fingerprint density at radius 1 is 1.14 bits per heavy atom. The third-order valence-electron chi connectivity index (χ3n) is 4.38. The molecule has 0 spiro atoms. The Hall–Kier alpha value is -2.61. The Morgan fingerprint density at radius 2 is 1.96 bits per heavy atom. The van der Waals surface area contributed by atoms with Crippen LogP contribution in [0.1, 0.15) is 30.0 Å². The lowest BCUT2D eigenvalue weighted by Gasteiger charge is -2.15. The fraction of sp³-hybridized carbons (Fsp3) is 0.350. The molecule has 1 heterocycles. The van der Waals surface area contributed by atoms with Crippen molar-refractivity contribution in [2.75, 3.05) is 12.4 Å². The Morgan fingerprint density at radius 3 is 2.71 bits per heavy atom. The molecule has 0 aliphatic rings. The number of halogens is 1. The maximum absolute atomic E-state index is 6.02. The second kappa shape index (κ2) is 9.54. The molecule has 0 saturated heterocycles. The second-order valence-electron chi connectivity index (χ2n) is 6.39. The van der Waals surface area contributed by atoms with E-state index in [4.69, 9.17) is 9.47 Å². The summed E-state index contributed by atoms with van der Waals surface area (Å²) >= 11 is 3.63. The predicted octanol–water partition coefficient (Wildman–Crippen LogP) is 4.35. The van der Waals surface area contributed by atoms with E-state index in [0.29, 0.717) is 30.6 Å². The number of anilines is 1. The molecule has 8 heteroatoms. The zero-order valence-corrected chi connectivity index (χ0v) is 17.9. The van der Waals surface area contributed by atoms with Gasteiger partial charge in [0.15, 0.2) is 11.5 Å². The molecule has 0 amide bonds. The van der Waals surface area contributed by atoms with E-state index in [-0.39, 0.29) is 0 Å². The van der Waals surface area contributed by atoms with E-state index < -0.39 is 0 Å². The summed E-state index contributed by atoms with van der Waals surface area (Å²) in [4.78, 5) is 0. The minimum absolute atomic E-state index is 0.485. The molecule has 0 aliphatic heterocycles. The summed E-state index contributed by atoms with van der Waals surface area (Å²) in [5.41, 5.74) is 3.37. The Labute approximate surface area is 173 Å². The molecule has 7 nitrogen and oxygen atoms in total. The first kappa shape index (κ1) is 20.1. The summed E-state index contributed by atoms with van der Waals surface area (Å²) < 4.78 is 14.2. The fourth-order valence-electron chi connectivity index (χ4n) is 2.78. The lowest BCUT2D eigenvalue weighted by molar-refractivity contribution is 0.283. The van der Waals surface area contributed by atoms with E-state index in [1.54, 1.807) is 11.8 Å². The van der Waals surface area contributed by atoms with Crippen LogP contribution in [0, 0.1) is 6.92 Å². The van der Waals surface area contributed by atoms with Crippen LogP contribution in [-0.2, 0) is 19.7 Å². The van der Waals surface area contributed by atoms with Crippen LogP contribution in [0.15, 0.2) is 40.9 Å². The number of ether oxygens (including phenoxy) is 2. The zero-order valence-electron chi connectivity index (χ0n) is 16.3. The summed E-state index contributed by atoms with van der Waals surface area (Å²) in [6.45, 7) is 5.97. The van der Waals surface area contributed by atoms with Gasteiger partial charge in [0.05, 0.1) is 7.11 Å². The van der Waals surface area contributed by atoms with E-state index in [0.717, 1.165) is 28.6 Å². The maximum Gasteiger partial charge on any atom is 0.243 e. The van der Waals surface area contributed by atoms with Gasteiger partial charge in [-0.25, -0.2) is 4.68 Å². The van der Waals surface area contributed by atoms with Crippen molar-refractivity contribution in [3.63, 3.8) is 0 Å². The highest BCUT2D eigenvalue weighted by Gasteiger charge is 2.12. The van der Waals surface area contributed by atoms with E-state index in [9.17, 15) is 0 Å². The number of hydrogen-bond donors (Lipinski definition) is 1. The predicted molar refractivity (Wildman–Crippen MR) is 112 cm³/mol. The quantitative estimate of drug-likeness (QED) is 0.527. The summed E-state index contributed by atoms with van der Waals surface area (Å²) in [6, 6.07) is 12.1. The van der Waals surface area contributed by atoms with Crippen LogP contribution in [0.25, 0.3) is 0 Å². The summed E-state index contributed by atoms with van der Waals surface area (Å²) in [5, 5.41) is 15.0.